The Balaban J connectivity index is 1.49. The number of likely N-dealkylation sites (tertiary alicyclic amines) is 1. The molecule has 3 heterocycles. The normalized spacial score (nSPS) is 26.5. The van der Waals surface area contributed by atoms with E-state index >= 15 is 0 Å². The predicted octanol–water partition coefficient (Wildman–Crippen LogP) is 2.40. The Morgan fingerprint density at radius 3 is 2.59 bits per heavy atom. The van der Waals surface area contributed by atoms with Gasteiger partial charge in [0, 0.05) is 37.7 Å². The van der Waals surface area contributed by atoms with E-state index in [1.165, 1.54) is 5.56 Å². The van der Waals surface area contributed by atoms with E-state index in [0.717, 1.165) is 24.9 Å². The molecule has 2 saturated heterocycles. The molecule has 118 valence electrons. The first kappa shape index (κ1) is 14.0. The highest BCUT2D eigenvalue weighted by Crippen LogP contribution is 2.35. The van der Waals surface area contributed by atoms with Crippen molar-refractivity contribution < 1.29 is 14.3 Å². The fraction of sp³-hybridized carbons (Fsp3) is 0.588. The van der Waals surface area contributed by atoms with Gasteiger partial charge in [-0.3, -0.25) is 4.90 Å². The van der Waals surface area contributed by atoms with E-state index < -0.39 is 5.79 Å². The number of urea groups is 1. The first-order valence-electron chi connectivity index (χ1n) is 8.12. The smallest absolute Gasteiger partial charge is 0.324 e. The maximum atomic E-state index is 12.9. The van der Waals surface area contributed by atoms with Crippen LogP contribution in [0.1, 0.15) is 25.3 Å². The molecule has 1 atom stereocenters. The molecule has 5 heteroatoms. The lowest BCUT2D eigenvalue weighted by molar-refractivity contribution is -0.181. The second-order valence-corrected chi connectivity index (χ2v) is 6.43. The van der Waals surface area contributed by atoms with E-state index in [4.69, 9.17) is 9.47 Å². The molecule has 2 fully saturated rings. The van der Waals surface area contributed by atoms with E-state index in [-0.39, 0.29) is 12.1 Å². The third-order valence-electron chi connectivity index (χ3n) is 5.02. The van der Waals surface area contributed by atoms with Crippen LogP contribution >= 0.6 is 0 Å². The van der Waals surface area contributed by atoms with Gasteiger partial charge in [-0.05, 0) is 25.0 Å². The molecule has 1 spiro atoms. The Labute approximate surface area is 130 Å². The predicted molar refractivity (Wildman–Crippen MR) is 82.9 cm³/mol. The first-order chi connectivity index (χ1) is 10.7. The summed E-state index contributed by atoms with van der Waals surface area (Å²) in [5.74, 6) is -0.425. The lowest BCUT2D eigenvalue weighted by atomic mass is 10.0. The first-order valence-corrected chi connectivity index (χ1v) is 8.12. The topological polar surface area (TPSA) is 42.0 Å². The maximum absolute atomic E-state index is 12.9. The number of nitrogens with zero attached hydrogens (tertiary/aromatic N) is 2. The van der Waals surface area contributed by atoms with Crippen molar-refractivity contribution in [3.8, 4) is 0 Å². The van der Waals surface area contributed by atoms with Crippen molar-refractivity contribution in [3.63, 3.8) is 0 Å². The van der Waals surface area contributed by atoms with Crippen molar-refractivity contribution in [2.45, 2.75) is 38.0 Å². The van der Waals surface area contributed by atoms with Crippen LogP contribution in [0.15, 0.2) is 24.3 Å². The fourth-order valence-electron chi connectivity index (χ4n) is 3.83. The molecule has 0 bridgehead atoms. The van der Waals surface area contributed by atoms with Crippen LogP contribution in [-0.2, 0) is 15.9 Å². The lowest BCUT2D eigenvalue weighted by Crippen LogP contribution is -2.52. The Kier molecular flexibility index (Phi) is 3.35. The summed E-state index contributed by atoms with van der Waals surface area (Å²) in [6, 6.07) is 8.54. The van der Waals surface area contributed by atoms with Crippen LogP contribution < -0.4 is 4.90 Å². The minimum atomic E-state index is -0.425. The molecule has 0 aliphatic carbocycles. The molecular weight excluding hydrogens is 280 g/mol. The van der Waals surface area contributed by atoms with Gasteiger partial charge in [0.25, 0.3) is 0 Å². The van der Waals surface area contributed by atoms with Crippen molar-refractivity contribution in [2.75, 3.05) is 31.2 Å². The van der Waals surface area contributed by atoms with Crippen LogP contribution in [0.4, 0.5) is 10.5 Å². The zero-order chi connectivity index (χ0) is 15.2. The van der Waals surface area contributed by atoms with Crippen LogP contribution in [-0.4, -0.2) is 49.1 Å². The van der Waals surface area contributed by atoms with Gasteiger partial charge in [-0.2, -0.15) is 0 Å². The summed E-state index contributed by atoms with van der Waals surface area (Å²) in [6.07, 6.45) is 2.47. The van der Waals surface area contributed by atoms with Gasteiger partial charge in [-0.15, -0.1) is 0 Å². The molecule has 0 N–H and O–H groups in total. The van der Waals surface area contributed by atoms with Crippen LogP contribution in [0, 0.1) is 0 Å². The van der Waals surface area contributed by atoms with Gasteiger partial charge in [0.2, 0.25) is 0 Å². The van der Waals surface area contributed by atoms with Crippen LogP contribution in [0.5, 0.6) is 0 Å². The molecule has 3 aliphatic heterocycles. The molecule has 1 aromatic rings. The van der Waals surface area contributed by atoms with Gasteiger partial charge < -0.3 is 14.4 Å². The lowest BCUT2D eigenvalue weighted by Gasteiger charge is -2.39. The molecule has 4 rings (SSSR count). The Morgan fingerprint density at radius 2 is 1.86 bits per heavy atom. The van der Waals surface area contributed by atoms with E-state index in [2.05, 4.69) is 13.0 Å². The van der Waals surface area contributed by atoms with Gasteiger partial charge in [-0.25, -0.2) is 4.79 Å². The van der Waals surface area contributed by atoms with Crippen LogP contribution in [0.25, 0.3) is 0 Å². The highest BCUT2D eigenvalue weighted by molar-refractivity contribution is 5.95. The van der Waals surface area contributed by atoms with E-state index in [1.807, 2.05) is 28.0 Å². The SMILES string of the molecule is CC1Cc2ccccc2N1C(=O)N1CCC2(CC1)OCCO2. The molecular formula is C17H22N2O3. The van der Waals surface area contributed by atoms with Crippen LogP contribution in [0.3, 0.4) is 0 Å². The largest absolute Gasteiger partial charge is 0.347 e. The molecule has 0 saturated carbocycles. The minimum Gasteiger partial charge on any atom is -0.347 e. The Hall–Kier alpha value is -1.59. The second kappa shape index (κ2) is 5.25. The number of rotatable bonds is 0. The number of anilines is 1. The number of benzene rings is 1. The number of amides is 2. The number of carbonyl (C=O) groups excluding carboxylic acids is 1. The summed E-state index contributed by atoms with van der Waals surface area (Å²) in [4.78, 5) is 16.8. The summed E-state index contributed by atoms with van der Waals surface area (Å²) in [5.41, 5.74) is 2.33. The Morgan fingerprint density at radius 1 is 1.18 bits per heavy atom. The highest BCUT2D eigenvalue weighted by atomic mass is 16.7. The molecule has 22 heavy (non-hydrogen) atoms. The zero-order valence-electron chi connectivity index (χ0n) is 13.0. The van der Waals surface area contributed by atoms with Crippen molar-refractivity contribution in [3.05, 3.63) is 29.8 Å². The zero-order valence-corrected chi connectivity index (χ0v) is 13.0. The number of piperidine rings is 1. The van der Waals surface area contributed by atoms with Crippen LogP contribution in [0.2, 0.25) is 0 Å². The molecule has 5 nitrogen and oxygen atoms in total. The van der Waals surface area contributed by atoms with E-state index in [0.29, 0.717) is 26.3 Å². The number of para-hydroxylation sites is 1. The van der Waals surface area contributed by atoms with E-state index in [9.17, 15) is 4.79 Å². The third kappa shape index (κ3) is 2.20. The molecule has 1 unspecified atom stereocenters. The third-order valence-corrected chi connectivity index (χ3v) is 5.02. The molecule has 3 aliphatic rings. The van der Waals surface area contributed by atoms with Crippen molar-refractivity contribution in [1.29, 1.82) is 0 Å². The summed E-state index contributed by atoms with van der Waals surface area (Å²) >= 11 is 0. The summed E-state index contributed by atoms with van der Waals surface area (Å²) in [6.45, 7) is 4.86. The second-order valence-electron chi connectivity index (χ2n) is 6.43. The highest BCUT2D eigenvalue weighted by Gasteiger charge is 2.42. The monoisotopic (exact) mass is 302 g/mol. The van der Waals surface area contributed by atoms with Gasteiger partial charge in [-0.1, -0.05) is 18.2 Å². The molecule has 1 aromatic carbocycles. The molecule has 0 radical (unpaired) electrons. The summed E-state index contributed by atoms with van der Waals surface area (Å²) in [7, 11) is 0. The van der Waals surface area contributed by atoms with Gasteiger partial charge >= 0.3 is 6.03 Å². The van der Waals surface area contributed by atoms with Crippen molar-refractivity contribution in [2.24, 2.45) is 0 Å². The van der Waals surface area contributed by atoms with Crippen molar-refractivity contribution in [1.82, 2.24) is 4.90 Å². The summed E-state index contributed by atoms with van der Waals surface area (Å²) in [5, 5.41) is 0. The molecule has 2 amide bonds. The van der Waals surface area contributed by atoms with Gasteiger partial charge in [0.1, 0.15) is 0 Å². The molecule has 0 aromatic heterocycles. The average molecular weight is 302 g/mol. The van der Waals surface area contributed by atoms with Gasteiger partial charge in [0.05, 0.1) is 13.2 Å². The average Bonchev–Trinajstić information content (AvgIpc) is 3.11. The van der Waals surface area contributed by atoms with Crippen molar-refractivity contribution >= 4 is 11.7 Å². The maximum Gasteiger partial charge on any atom is 0.324 e. The minimum absolute atomic E-state index is 0.116. The number of hydrogen-bond acceptors (Lipinski definition) is 3. The van der Waals surface area contributed by atoms with Gasteiger partial charge in [0.15, 0.2) is 5.79 Å². The number of hydrogen-bond donors (Lipinski definition) is 0. The number of carbonyl (C=O) groups is 1. The standard InChI is InChI=1S/C17H22N2O3/c1-13-12-14-4-2-3-5-15(14)19(13)16(20)18-8-6-17(7-9-18)21-10-11-22-17/h2-5,13H,6-12H2,1H3. The number of fused-ring (bicyclic) bond motifs is 1. The van der Waals surface area contributed by atoms with E-state index in [1.54, 1.807) is 0 Å². The number of ether oxygens (including phenoxy) is 2. The quantitative estimate of drug-likeness (QED) is 0.739. The fourth-order valence-corrected chi connectivity index (χ4v) is 3.83. The Bertz CT molecular complexity index is 573. The summed E-state index contributed by atoms with van der Waals surface area (Å²) < 4.78 is 11.5.